The normalized spacial score (nSPS) is 7.71. The van der Waals surface area contributed by atoms with Crippen molar-refractivity contribution in [1.82, 2.24) is 4.98 Å². The fourth-order valence-electron chi connectivity index (χ4n) is 1.24. The van der Waals surface area contributed by atoms with Gasteiger partial charge >= 0.3 is 0 Å². The number of para-hydroxylation sites is 1. The average molecular weight is 233 g/mol. The summed E-state index contributed by atoms with van der Waals surface area (Å²) in [6.07, 6.45) is 1.84. The number of hydrogen-bond donors (Lipinski definition) is 0. The van der Waals surface area contributed by atoms with Crippen LogP contribution >= 0.6 is 0 Å². The van der Waals surface area contributed by atoms with Gasteiger partial charge in [-0.2, -0.15) is 0 Å². The highest BCUT2D eigenvalue weighted by Gasteiger charge is 1.93. The lowest BCUT2D eigenvalue weighted by molar-refractivity contribution is 1.37. The Morgan fingerprint density at radius 3 is 1.82 bits per heavy atom. The number of benzene rings is 1. The molecule has 0 fully saturated rings. The molecule has 0 saturated heterocycles. The summed E-state index contributed by atoms with van der Waals surface area (Å²) in [4.78, 5) is 4.24. The molecule has 1 aromatic carbocycles. The molecule has 0 saturated carbocycles. The second kappa shape index (κ2) is 12.7. The topological polar surface area (TPSA) is 12.9 Å². The molecule has 2 rings (SSSR count). The Bertz CT molecular complexity index is 375. The van der Waals surface area contributed by atoms with Gasteiger partial charge < -0.3 is 0 Å². The second-order valence-electron chi connectivity index (χ2n) is 2.64. The lowest BCUT2D eigenvalue weighted by atomic mass is 10.1. The molecule has 1 nitrogen and oxygen atoms in total. The summed E-state index contributed by atoms with van der Waals surface area (Å²) in [6, 6.07) is 10.2. The third-order valence-electron chi connectivity index (χ3n) is 1.87. The van der Waals surface area contributed by atoms with Crippen molar-refractivity contribution in [1.29, 1.82) is 0 Å². The highest BCUT2D eigenvalue weighted by Crippen LogP contribution is 2.13. The first-order chi connectivity index (χ1) is 8.38. The van der Waals surface area contributed by atoms with Crippen LogP contribution in [0.25, 0.3) is 10.9 Å². The van der Waals surface area contributed by atoms with Gasteiger partial charge in [-0.15, -0.1) is 0 Å². The number of nitrogens with zero attached hydrogens (tertiary/aromatic N) is 1. The summed E-state index contributed by atoms with van der Waals surface area (Å²) in [5, 5.41) is 1.25. The molecular formula is C16H27N. The smallest absolute Gasteiger partial charge is 0.0704 e. The molecule has 0 aliphatic rings. The van der Waals surface area contributed by atoms with E-state index in [2.05, 4.69) is 18.0 Å². The van der Waals surface area contributed by atoms with Crippen LogP contribution in [0.15, 0.2) is 36.5 Å². The molecule has 0 unspecified atom stereocenters. The number of aryl methyl sites for hydroxylation is 1. The summed E-state index contributed by atoms with van der Waals surface area (Å²) in [5.74, 6) is 0. The largest absolute Gasteiger partial charge is 0.256 e. The van der Waals surface area contributed by atoms with E-state index >= 15 is 0 Å². The SMILES string of the molecule is CC.CC.CC.Cc1ccnc2ccccc12. The molecule has 0 atom stereocenters. The average Bonchev–Trinajstić information content (AvgIpc) is 2.46. The van der Waals surface area contributed by atoms with E-state index in [0.717, 1.165) is 5.52 Å². The molecule has 1 heterocycles. The van der Waals surface area contributed by atoms with Crippen molar-refractivity contribution >= 4 is 10.9 Å². The molecule has 1 heteroatoms. The quantitative estimate of drug-likeness (QED) is 0.575. The Morgan fingerprint density at radius 2 is 1.29 bits per heavy atom. The minimum absolute atomic E-state index is 1.08. The molecule has 1 aromatic heterocycles. The Labute approximate surface area is 107 Å². The van der Waals surface area contributed by atoms with Gasteiger partial charge in [-0.05, 0) is 24.6 Å². The van der Waals surface area contributed by atoms with Gasteiger partial charge in [0.05, 0.1) is 5.52 Å². The zero-order chi connectivity index (χ0) is 13.7. The van der Waals surface area contributed by atoms with Gasteiger partial charge in [0.25, 0.3) is 0 Å². The van der Waals surface area contributed by atoms with Crippen LogP contribution in [0.3, 0.4) is 0 Å². The standard InChI is InChI=1S/C10H9N.3C2H6/c1-8-6-7-11-10-5-3-2-4-9(8)10;3*1-2/h2-7H,1H3;3*1-2H3. The fourth-order valence-corrected chi connectivity index (χ4v) is 1.24. The Hall–Kier alpha value is -1.37. The molecule has 0 radical (unpaired) electrons. The van der Waals surface area contributed by atoms with Crippen molar-refractivity contribution < 1.29 is 0 Å². The first-order valence-electron chi connectivity index (χ1n) is 6.68. The molecule has 0 N–H and O–H groups in total. The lowest BCUT2D eigenvalue weighted by Crippen LogP contribution is -1.79. The van der Waals surface area contributed by atoms with Gasteiger partial charge in [0.2, 0.25) is 0 Å². The van der Waals surface area contributed by atoms with E-state index in [0.29, 0.717) is 0 Å². The number of rotatable bonds is 0. The van der Waals surface area contributed by atoms with Crippen molar-refractivity contribution in [2.45, 2.75) is 48.5 Å². The molecule has 0 amide bonds. The van der Waals surface area contributed by atoms with E-state index in [4.69, 9.17) is 0 Å². The van der Waals surface area contributed by atoms with Crippen molar-refractivity contribution in [3.8, 4) is 0 Å². The van der Waals surface area contributed by atoms with Gasteiger partial charge in [-0.3, -0.25) is 4.98 Å². The van der Waals surface area contributed by atoms with E-state index in [-0.39, 0.29) is 0 Å². The second-order valence-corrected chi connectivity index (χ2v) is 2.64. The van der Waals surface area contributed by atoms with Crippen molar-refractivity contribution in [3.63, 3.8) is 0 Å². The maximum absolute atomic E-state index is 4.24. The number of pyridine rings is 1. The molecular weight excluding hydrogens is 206 g/mol. The third kappa shape index (κ3) is 6.06. The lowest BCUT2D eigenvalue weighted by Gasteiger charge is -1.97. The number of hydrogen-bond acceptors (Lipinski definition) is 1. The van der Waals surface area contributed by atoms with Crippen LogP contribution in [0.1, 0.15) is 47.1 Å². The van der Waals surface area contributed by atoms with E-state index in [1.165, 1.54) is 10.9 Å². The van der Waals surface area contributed by atoms with Crippen molar-refractivity contribution in [3.05, 3.63) is 42.1 Å². The maximum Gasteiger partial charge on any atom is 0.0704 e. The monoisotopic (exact) mass is 233 g/mol. The van der Waals surface area contributed by atoms with E-state index in [9.17, 15) is 0 Å². The molecule has 2 aromatic rings. The van der Waals surface area contributed by atoms with Gasteiger partial charge in [0.15, 0.2) is 0 Å². The summed E-state index contributed by atoms with van der Waals surface area (Å²) < 4.78 is 0. The van der Waals surface area contributed by atoms with Crippen molar-refractivity contribution in [2.24, 2.45) is 0 Å². The Balaban J connectivity index is 0. The van der Waals surface area contributed by atoms with E-state index in [1.54, 1.807) is 0 Å². The Morgan fingerprint density at radius 1 is 0.765 bits per heavy atom. The van der Waals surface area contributed by atoms with E-state index in [1.807, 2.05) is 72.0 Å². The molecule has 0 aliphatic heterocycles. The van der Waals surface area contributed by atoms with Gasteiger partial charge in [0, 0.05) is 11.6 Å². The minimum Gasteiger partial charge on any atom is -0.256 e. The van der Waals surface area contributed by atoms with Gasteiger partial charge in [-0.25, -0.2) is 0 Å². The zero-order valence-electron chi connectivity index (χ0n) is 12.4. The predicted molar refractivity (Wildman–Crippen MR) is 80.5 cm³/mol. The Kier molecular flexibility index (Phi) is 13.5. The number of fused-ring (bicyclic) bond motifs is 1. The van der Waals surface area contributed by atoms with Crippen LogP contribution in [-0.2, 0) is 0 Å². The van der Waals surface area contributed by atoms with Gasteiger partial charge in [-0.1, -0.05) is 59.7 Å². The summed E-state index contributed by atoms with van der Waals surface area (Å²) in [6.45, 7) is 14.1. The molecule has 0 bridgehead atoms. The van der Waals surface area contributed by atoms with Crippen LogP contribution in [0.4, 0.5) is 0 Å². The fraction of sp³-hybridized carbons (Fsp3) is 0.438. The van der Waals surface area contributed by atoms with Crippen LogP contribution in [0.2, 0.25) is 0 Å². The summed E-state index contributed by atoms with van der Waals surface area (Å²) in [5.41, 5.74) is 2.36. The third-order valence-corrected chi connectivity index (χ3v) is 1.87. The van der Waals surface area contributed by atoms with E-state index < -0.39 is 0 Å². The molecule has 96 valence electrons. The molecule has 0 spiro atoms. The molecule has 17 heavy (non-hydrogen) atoms. The first kappa shape index (κ1) is 18.0. The summed E-state index contributed by atoms with van der Waals surface area (Å²) in [7, 11) is 0. The maximum atomic E-state index is 4.24. The highest BCUT2D eigenvalue weighted by atomic mass is 14.6. The highest BCUT2D eigenvalue weighted by molar-refractivity contribution is 5.81. The van der Waals surface area contributed by atoms with Crippen LogP contribution in [0.5, 0.6) is 0 Å². The zero-order valence-corrected chi connectivity index (χ0v) is 12.4. The van der Waals surface area contributed by atoms with Crippen LogP contribution < -0.4 is 0 Å². The van der Waals surface area contributed by atoms with Crippen LogP contribution in [0, 0.1) is 6.92 Å². The van der Waals surface area contributed by atoms with Crippen LogP contribution in [-0.4, -0.2) is 4.98 Å². The summed E-state index contributed by atoms with van der Waals surface area (Å²) >= 11 is 0. The number of aromatic nitrogens is 1. The van der Waals surface area contributed by atoms with Crippen molar-refractivity contribution in [2.75, 3.05) is 0 Å². The minimum atomic E-state index is 1.08. The van der Waals surface area contributed by atoms with Gasteiger partial charge in [0.1, 0.15) is 0 Å². The predicted octanol–water partition coefficient (Wildman–Crippen LogP) is 5.62. The first-order valence-corrected chi connectivity index (χ1v) is 6.68. The molecule has 0 aliphatic carbocycles.